The minimum absolute atomic E-state index is 0.357. The Kier molecular flexibility index (Phi) is 6.42. The van der Waals surface area contributed by atoms with Gasteiger partial charge in [0.15, 0.2) is 0 Å². The number of hydrogen-bond acceptors (Lipinski definition) is 3. The zero-order chi connectivity index (χ0) is 13.4. The summed E-state index contributed by atoms with van der Waals surface area (Å²) in [5.74, 6) is 2.18. The van der Waals surface area contributed by atoms with E-state index in [9.17, 15) is 13.6 Å². The van der Waals surface area contributed by atoms with Crippen molar-refractivity contribution in [3.05, 3.63) is 23.9 Å². The predicted octanol–water partition coefficient (Wildman–Crippen LogP) is 2.72. The van der Waals surface area contributed by atoms with Gasteiger partial charge in [0.05, 0.1) is 6.54 Å². The molecule has 4 nitrogen and oxygen atoms in total. The molecule has 0 fully saturated rings. The van der Waals surface area contributed by atoms with Crippen molar-refractivity contribution in [2.75, 3.05) is 17.6 Å². The van der Waals surface area contributed by atoms with Crippen LogP contribution in [0.4, 0.5) is 19.4 Å². The molecule has 0 spiro atoms. The van der Waals surface area contributed by atoms with E-state index in [-0.39, 0.29) is 0 Å². The first-order chi connectivity index (χ1) is 8.61. The molecule has 0 aromatic carbocycles. The molecule has 7 heteroatoms. The Balaban J connectivity index is 2.48. The summed E-state index contributed by atoms with van der Waals surface area (Å²) in [6, 6.07) is 2.90. The maximum atomic E-state index is 11.9. The van der Waals surface area contributed by atoms with E-state index in [1.54, 1.807) is 24.0 Å². The second kappa shape index (κ2) is 7.86. The molecule has 1 heterocycles. The van der Waals surface area contributed by atoms with E-state index in [1.165, 1.54) is 0 Å². The third-order valence-corrected chi connectivity index (χ3v) is 2.90. The number of hydrogen-bond donors (Lipinski definition) is 2. The second-order valence-electron chi connectivity index (χ2n) is 3.41. The largest absolute Gasteiger partial charge is 0.332 e. The minimum Gasteiger partial charge on any atom is -0.332 e. The van der Waals surface area contributed by atoms with Gasteiger partial charge < -0.3 is 5.32 Å². The lowest BCUT2D eigenvalue weighted by molar-refractivity contribution is 0.148. The van der Waals surface area contributed by atoms with Crippen LogP contribution < -0.4 is 10.6 Å². The van der Waals surface area contributed by atoms with Gasteiger partial charge in [0, 0.05) is 11.9 Å². The number of thioether (sulfide) groups is 1. The van der Waals surface area contributed by atoms with E-state index in [0.29, 0.717) is 5.82 Å². The molecule has 0 radical (unpaired) electrons. The zero-order valence-electron chi connectivity index (χ0n) is 9.95. The molecular formula is C11H15F2N3OS. The number of amides is 2. The van der Waals surface area contributed by atoms with Gasteiger partial charge >= 0.3 is 6.03 Å². The molecule has 1 aromatic heterocycles. The first-order valence-corrected chi connectivity index (χ1v) is 6.63. The van der Waals surface area contributed by atoms with Crippen molar-refractivity contribution < 1.29 is 13.6 Å². The average molecular weight is 275 g/mol. The van der Waals surface area contributed by atoms with Crippen LogP contribution in [-0.2, 0) is 5.75 Å². The zero-order valence-corrected chi connectivity index (χ0v) is 10.8. The number of carbonyl (C=O) groups is 1. The lowest BCUT2D eigenvalue weighted by atomic mass is 10.3. The smallest absolute Gasteiger partial charge is 0.320 e. The molecule has 0 unspecified atom stereocenters. The molecule has 0 aliphatic carbocycles. The number of nitrogens with zero attached hydrogens (tertiary/aromatic N) is 1. The molecule has 1 aromatic rings. The number of aromatic nitrogens is 1. The van der Waals surface area contributed by atoms with E-state index in [2.05, 4.69) is 17.2 Å². The Hall–Kier alpha value is -1.37. The lowest BCUT2D eigenvalue weighted by Crippen LogP contribution is -2.32. The molecule has 0 saturated heterocycles. The Labute approximate surface area is 109 Å². The highest BCUT2D eigenvalue weighted by Crippen LogP contribution is 2.14. The van der Waals surface area contributed by atoms with Crippen molar-refractivity contribution in [1.82, 2.24) is 10.3 Å². The van der Waals surface area contributed by atoms with E-state index in [4.69, 9.17) is 0 Å². The molecule has 0 aliphatic heterocycles. The summed E-state index contributed by atoms with van der Waals surface area (Å²) in [4.78, 5) is 15.2. The van der Waals surface area contributed by atoms with Crippen LogP contribution in [0.1, 0.15) is 12.5 Å². The average Bonchev–Trinajstić information content (AvgIpc) is 2.34. The second-order valence-corrected chi connectivity index (χ2v) is 4.69. The number of urea groups is 1. The van der Waals surface area contributed by atoms with Gasteiger partial charge in [-0.25, -0.2) is 18.6 Å². The number of halogens is 2. The normalized spacial score (nSPS) is 10.4. The van der Waals surface area contributed by atoms with Crippen molar-refractivity contribution >= 4 is 23.6 Å². The van der Waals surface area contributed by atoms with Crippen LogP contribution in [0.15, 0.2) is 18.3 Å². The summed E-state index contributed by atoms with van der Waals surface area (Å²) in [5, 5.41) is 4.46. The van der Waals surface area contributed by atoms with Gasteiger partial charge in [0.25, 0.3) is 6.43 Å². The number of alkyl halides is 2. The van der Waals surface area contributed by atoms with Gasteiger partial charge in [0.1, 0.15) is 5.82 Å². The molecule has 0 bridgehead atoms. The van der Waals surface area contributed by atoms with Crippen LogP contribution in [0.5, 0.6) is 0 Å². The molecule has 0 atom stereocenters. The van der Waals surface area contributed by atoms with Crippen molar-refractivity contribution in [2.45, 2.75) is 19.1 Å². The quantitative estimate of drug-likeness (QED) is 0.839. The molecule has 18 heavy (non-hydrogen) atoms. The van der Waals surface area contributed by atoms with Crippen LogP contribution in [0.2, 0.25) is 0 Å². The van der Waals surface area contributed by atoms with Gasteiger partial charge in [-0.15, -0.1) is 0 Å². The van der Waals surface area contributed by atoms with E-state index in [1.807, 2.05) is 11.4 Å². The number of pyridine rings is 1. The standard InChI is InChI=1S/C11H15F2N3OS/c1-2-18-7-8-3-4-14-10(5-8)16-11(17)15-6-9(12)13/h3-5,9H,2,6-7H2,1H3,(H2,14,15,16,17). The molecule has 2 amide bonds. The highest BCUT2D eigenvalue weighted by molar-refractivity contribution is 7.98. The van der Waals surface area contributed by atoms with Crippen LogP contribution in [-0.4, -0.2) is 29.7 Å². The molecule has 1 rings (SSSR count). The monoisotopic (exact) mass is 275 g/mol. The predicted molar refractivity (Wildman–Crippen MR) is 69.1 cm³/mol. The summed E-state index contributed by atoms with van der Waals surface area (Å²) in [6.45, 7) is 1.39. The number of carbonyl (C=O) groups excluding carboxylic acids is 1. The Morgan fingerprint density at radius 1 is 1.56 bits per heavy atom. The summed E-state index contributed by atoms with van der Waals surface area (Å²) in [5.41, 5.74) is 1.03. The van der Waals surface area contributed by atoms with Gasteiger partial charge in [0.2, 0.25) is 0 Å². The number of nitrogens with one attached hydrogen (secondary N) is 2. The molecule has 100 valence electrons. The SMILES string of the molecule is CCSCc1ccnc(NC(=O)NCC(F)F)c1. The van der Waals surface area contributed by atoms with Crippen molar-refractivity contribution in [3.8, 4) is 0 Å². The summed E-state index contributed by atoms with van der Waals surface area (Å²) in [7, 11) is 0. The van der Waals surface area contributed by atoms with Crippen molar-refractivity contribution in [3.63, 3.8) is 0 Å². The number of rotatable bonds is 6. The number of anilines is 1. The van der Waals surface area contributed by atoms with E-state index >= 15 is 0 Å². The van der Waals surface area contributed by atoms with Crippen LogP contribution in [0.25, 0.3) is 0 Å². The van der Waals surface area contributed by atoms with Crippen molar-refractivity contribution in [2.24, 2.45) is 0 Å². The molecular weight excluding hydrogens is 260 g/mol. The maximum Gasteiger partial charge on any atom is 0.320 e. The Morgan fingerprint density at radius 2 is 2.33 bits per heavy atom. The summed E-state index contributed by atoms with van der Waals surface area (Å²) in [6.07, 6.45) is -0.982. The topological polar surface area (TPSA) is 54.0 Å². The summed E-state index contributed by atoms with van der Waals surface area (Å²) >= 11 is 1.75. The van der Waals surface area contributed by atoms with Gasteiger partial charge in [-0.05, 0) is 23.4 Å². The van der Waals surface area contributed by atoms with Gasteiger partial charge in [-0.3, -0.25) is 5.32 Å². The lowest BCUT2D eigenvalue weighted by Gasteiger charge is -2.07. The maximum absolute atomic E-state index is 11.9. The molecule has 0 saturated carbocycles. The highest BCUT2D eigenvalue weighted by Gasteiger charge is 2.07. The van der Waals surface area contributed by atoms with Crippen LogP contribution in [0, 0.1) is 0 Å². The Morgan fingerprint density at radius 3 is 3.00 bits per heavy atom. The summed E-state index contributed by atoms with van der Waals surface area (Å²) < 4.78 is 23.8. The molecule has 2 N–H and O–H groups in total. The van der Waals surface area contributed by atoms with Crippen molar-refractivity contribution in [1.29, 1.82) is 0 Å². The van der Waals surface area contributed by atoms with Crippen LogP contribution in [0.3, 0.4) is 0 Å². The fourth-order valence-corrected chi connectivity index (χ4v) is 1.80. The minimum atomic E-state index is -2.56. The highest BCUT2D eigenvalue weighted by atomic mass is 32.2. The third-order valence-electron chi connectivity index (χ3n) is 1.96. The Bertz CT molecular complexity index is 390. The van der Waals surface area contributed by atoms with E-state index in [0.717, 1.165) is 17.1 Å². The third kappa shape index (κ3) is 5.81. The fourth-order valence-electron chi connectivity index (χ4n) is 1.18. The first-order valence-electron chi connectivity index (χ1n) is 5.47. The van der Waals surface area contributed by atoms with E-state index < -0.39 is 19.0 Å². The fraction of sp³-hybridized carbons (Fsp3) is 0.455. The molecule has 0 aliphatic rings. The van der Waals surface area contributed by atoms with Gasteiger partial charge in [-0.2, -0.15) is 11.8 Å². The van der Waals surface area contributed by atoms with Gasteiger partial charge in [-0.1, -0.05) is 6.92 Å². The van der Waals surface area contributed by atoms with Crippen LogP contribution >= 0.6 is 11.8 Å². The first kappa shape index (κ1) is 14.7.